The van der Waals surface area contributed by atoms with E-state index in [1.165, 1.54) is 4.90 Å². The number of aliphatic hydroxyl groups excluding tert-OH is 1. The number of ketones is 1. The molecular weight excluding hydrogens is 466 g/mol. The SMILES string of the molecule is CCN(CC)c1ccc(C2/C(=C(\O)c3ccc(OC)cc3)C(=O)C(=O)N2c2ccc(N(C)C)cc2)cc1. The van der Waals surface area contributed by atoms with Gasteiger partial charge in [-0.25, -0.2) is 0 Å². The number of methoxy groups -OCH3 is 1. The van der Waals surface area contributed by atoms with E-state index in [2.05, 4.69) is 18.7 Å². The smallest absolute Gasteiger partial charge is 0.300 e. The lowest BCUT2D eigenvalue weighted by Gasteiger charge is -2.27. The molecule has 1 N–H and O–H groups in total. The third-order valence-electron chi connectivity index (χ3n) is 6.79. The van der Waals surface area contributed by atoms with Crippen molar-refractivity contribution < 1.29 is 19.4 Å². The number of aliphatic hydroxyl groups is 1. The van der Waals surface area contributed by atoms with Gasteiger partial charge in [0.05, 0.1) is 18.7 Å². The molecule has 192 valence electrons. The molecule has 1 atom stereocenters. The molecule has 1 fully saturated rings. The molecule has 0 spiro atoms. The standard InChI is InChI=1S/C30H33N3O4/c1-6-32(7-2)23-12-8-20(9-13-23)27-26(28(34)21-10-18-25(37-5)19-11-21)29(35)30(36)33(27)24-16-14-22(15-17-24)31(3)4/h8-19,27,34H,6-7H2,1-5H3/b28-26+. The Morgan fingerprint density at radius 2 is 1.43 bits per heavy atom. The number of benzene rings is 3. The van der Waals surface area contributed by atoms with E-state index >= 15 is 0 Å². The molecule has 4 rings (SSSR count). The minimum atomic E-state index is -0.780. The van der Waals surface area contributed by atoms with Crippen LogP contribution < -0.4 is 19.4 Å². The first-order chi connectivity index (χ1) is 17.8. The predicted molar refractivity (Wildman–Crippen MR) is 149 cm³/mol. The third-order valence-corrected chi connectivity index (χ3v) is 6.79. The van der Waals surface area contributed by atoms with Gasteiger partial charge in [-0.1, -0.05) is 12.1 Å². The quantitative estimate of drug-likeness (QED) is 0.260. The maximum atomic E-state index is 13.4. The van der Waals surface area contributed by atoms with Gasteiger partial charge in [-0.2, -0.15) is 0 Å². The molecule has 3 aromatic rings. The van der Waals surface area contributed by atoms with Crippen LogP contribution in [0.5, 0.6) is 5.75 Å². The van der Waals surface area contributed by atoms with Gasteiger partial charge in [0.15, 0.2) is 0 Å². The Balaban J connectivity index is 1.87. The maximum Gasteiger partial charge on any atom is 0.300 e. The van der Waals surface area contributed by atoms with Crippen LogP contribution in [0.3, 0.4) is 0 Å². The number of hydrogen-bond donors (Lipinski definition) is 1. The van der Waals surface area contributed by atoms with Crippen LogP contribution in [0, 0.1) is 0 Å². The number of carbonyl (C=O) groups excluding carboxylic acids is 2. The van der Waals surface area contributed by atoms with Crippen molar-refractivity contribution in [1.29, 1.82) is 0 Å². The number of rotatable bonds is 8. The Morgan fingerprint density at radius 1 is 0.865 bits per heavy atom. The van der Waals surface area contributed by atoms with Gasteiger partial charge in [-0.15, -0.1) is 0 Å². The van der Waals surface area contributed by atoms with Crippen molar-refractivity contribution in [2.75, 3.05) is 49.0 Å². The van der Waals surface area contributed by atoms with Crippen molar-refractivity contribution in [1.82, 2.24) is 0 Å². The molecule has 1 saturated heterocycles. The molecule has 37 heavy (non-hydrogen) atoms. The lowest BCUT2D eigenvalue weighted by Crippen LogP contribution is -2.29. The van der Waals surface area contributed by atoms with Gasteiger partial charge in [-0.3, -0.25) is 14.5 Å². The topological polar surface area (TPSA) is 73.3 Å². The lowest BCUT2D eigenvalue weighted by atomic mass is 9.94. The summed E-state index contributed by atoms with van der Waals surface area (Å²) in [6.45, 7) is 5.92. The van der Waals surface area contributed by atoms with Gasteiger partial charge in [0.2, 0.25) is 0 Å². The summed E-state index contributed by atoms with van der Waals surface area (Å²) in [5, 5.41) is 11.3. The second kappa shape index (κ2) is 10.8. The van der Waals surface area contributed by atoms with E-state index in [1.54, 1.807) is 31.4 Å². The minimum absolute atomic E-state index is 0.0578. The van der Waals surface area contributed by atoms with E-state index in [0.29, 0.717) is 17.0 Å². The Hall–Kier alpha value is -4.26. The highest BCUT2D eigenvalue weighted by molar-refractivity contribution is 6.51. The first-order valence-corrected chi connectivity index (χ1v) is 12.4. The molecule has 0 aromatic heterocycles. The number of anilines is 3. The summed E-state index contributed by atoms with van der Waals surface area (Å²) in [4.78, 5) is 32.5. The van der Waals surface area contributed by atoms with Crippen LogP contribution in [0.15, 0.2) is 78.4 Å². The second-order valence-electron chi connectivity index (χ2n) is 9.07. The van der Waals surface area contributed by atoms with Crippen LogP contribution in [0.4, 0.5) is 17.1 Å². The highest BCUT2D eigenvalue weighted by atomic mass is 16.5. The summed E-state index contributed by atoms with van der Waals surface area (Å²) in [5.41, 5.74) is 3.84. The molecule has 1 heterocycles. The molecule has 1 aliphatic rings. The van der Waals surface area contributed by atoms with Crippen molar-refractivity contribution in [2.24, 2.45) is 0 Å². The zero-order valence-electron chi connectivity index (χ0n) is 21.9. The van der Waals surface area contributed by atoms with Crippen molar-refractivity contribution >= 4 is 34.5 Å². The summed E-state index contributed by atoms with van der Waals surface area (Å²) >= 11 is 0. The summed E-state index contributed by atoms with van der Waals surface area (Å²) in [5.74, 6) is -0.985. The van der Waals surface area contributed by atoms with Crippen molar-refractivity contribution in [3.8, 4) is 5.75 Å². The summed E-state index contributed by atoms with van der Waals surface area (Å²) < 4.78 is 5.22. The number of ether oxygens (including phenoxy) is 1. The molecule has 1 amide bonds. The van der Waals surface area contributed by atoms with E-state index in [0.717, 1.165) is 30.0 Å². The maximum absolute atomic E-state index is 13.4. The largest absolute Gasteiger partial charge is 0.507 e. The number of Topliss-reactive ketones (excluding diaryl/α,β-unsaturated/α-hetero) is 1. The normalized spacial score (nSPS) is 16.7. The highest BCUT2D eigenvalue weighted by Gasteiger charge is 2.47. The van der Waals surface area contributed by atoms with E-state index < -0.39 is 17.7 Å². The second-order valence-corrected chi connectivity index (χ2v) is 9.07. The van der Waals surface area contributed by atoms with Gasteiger partial charge in [0, 0.05) is 49.8 Å². The van der Waals surface area contributed by atoms with Gasteiger partial charge in [0.1, 0.15) is 11.5 Å². The van der Waals surface area contributed by atoms with Gasteiger partial charge >= 0.3 is 0 Å². The van der Waals surface area contributed by atoms with E-state index in [-0.39, 0.29) is 11.3 Å². The fourth-order valence-electron chi connectivity index (χ4n) is 4.69. The monoisotopic (exact) mass is 499 g/mol. The Labute approximate surface area is 218 Å². The lowest BCUT2D eigenvalue weighted by molar-refractivity contribution is -0.132. The van der Waals surface area contributed by atoms with Crippen LogP contribution in [0.25, 0.3) is 5.76 Å². The molecule has 0 saturated carbocycles. The third kappa shape index (κ3) is 4.89. The Kier molecular flexibility index (Phi) is 7.53. The van der Waals surface area contributed by atoms with Crippen molar-refractivity contribution in [3.05, 3.63) is 89.5 Å². The number of hydrogen-bond acceptors (Lipinski definition) is 6. The summed E-state index contributed by atoms with van der Waals surface area (Å²) in [7, 11) is 5.44. The highest BCUT2D eigenvalue weighted by Crippen LogP contribution is 2.43. The molecule has 0 bridgehead atoms. The Morgan fingerprint density at radius 3 is 1.95 bits per heavy atom. The first kappa shape index (κ1) is 25.8. The first-order valence-electron chi connectivity index (χ1n) is 12.4. The average molecular weight is 500 g/mol. The predicted octanol–water partition coefficient (Wildman–Crippen LogP) is 5.23. The van der Waals surface area contributed by atoms with Gasteiger partial charge in [0.25, 0.3) is 11.7 Å². The molecule has 0 aliphatic carbocycles. The van der Waals surface area contributed by atoms with Crippen LogP contribution in [0.1, 0.15) is 31.0 Å². The van der Waals surface area contributed by atoms with Crippen LogP contribution in [-0.2, 0) is 9.59 Å². The molecule has 3 aromatic carbocycles. The summed E-state index contributed by atoms with van der Waals surface area (Å²) in [6, 6.07) is 21.3. The number of nitrogens with zero attached hydrogens (tertiary/aromatic N) is 3. The zero-order chi connectivity index (χ0) is 26.7. The van der Waals surface area contributed by atoms with E-state index in [1.807, 2.05) is 67.5 Å². The molecule has 1 unspecified atom stereocenters. The Bertz CT molecular complexity index is 1290. The molecule has 1 aliphatic heterocycles. The van der Waals surface area contributed by atoms with Crippen LogP contribution in [-0.4, -0.2) is 51.1 Å². The number of carbonyl (C=O) groups is 2. The summed E-state index contributed by atoms with van der Waals surface area (Å²) in [6.07, 6.45) is 0. The zero-order valence-corrected chi connectivity index (χ0v) is 21.9. The van der Waals surface area contributed by atoms with E-state index in [9.17, 15) is 14.7 Å². The van der Waals surface area contributed by atoms with Crippen LogP contribution >= 0.6 is 0 Å². The fourth-order valence-corrected chi connectivity index (χ4v) is 4.69. The van der Waals surface area contributed by atoms with Crippen LogP contribution in [0.2, 0.25) is 0 Å². The van der Waals surface area contributed by atoms with Crippen molar-refractivity contribution in [2.45, 2.75) is 19.9 Å². The molecule has 7 heteroatoms. The average Bonchev–Trinajstić information content (AvgIpc) is 3.19. The van der Waals surface area contributed by atoms with Crippen molar-refractivity contribution in [3.63, 3.8) is 0 Å². The molecule has 7 nitrogen and oxygen atoms in total. The molecule has 0 radical (unpaired) electrons. The molecular formula is C30H33N3O4. The fraction of sp³-hybridized carbons (Fsp3) is 0.267. The minimum Gasteiger partial charge on any atom is -0.507 e. The van der Waals surface area contributed by atoms with Gasteiger partial charge in [-0.05, 0) is 80.1 Å². The number of amides is 1. The van der Waals surface area contributed by atoms with Gasteiger partial charge < -0.3 is 19.6 Å². The van der Waals surface area contributed by atoms with E-state index in [4.69, 9.17) is 4.74 Å².